The number of para-hydroxylation sites is 1. The highest BCUT2D eigenvalue weighted by atomic mass is 16.2. The number of carbonyl (C=O) groups is 2. The average molecular weight is 361 g/mol. The number of benzene rings is 1. The van der Waals surface area contributed by atoms with Crippen LogP contribution in [-0.2, 0) is 9.59 Å². The number of amides is 2. The lowest BCUT2D eigenvalue weighted by atomic mass is 9.91. The van der Waals surface area contributed by atoms with Crippen LogP contribution < -0.4 is 4.90 Å². The SMILES string of the molecule is CCCCN(C)C(=O)CCN(C(C)=O)c1c(C(C)C)cccc1C(C)C. The zero-order valence-corrected chi connectivity index (χ0v) is 17.6. The topological polar surface area (TPSA) is 40.6 Å². The maximum absolute atomic E-state index is 12.4. The van der Waals surface area contributed by atoms with E-state index < -0.39 is 0 Å². The molecule has 4 heteroatoms. The third-order valence-corrected chi connectivity index (χ3v) is 4.81. The van der Waals surface area contributed by atoms with Crippen molar-refractivity contribution in [1.29, 1.82) is 0 Å². The summed E-state index contributed by atoms with van der Waals surface area (Å²) in [5.41, 5.74) is 3.32. The number of carbonyl (C=O) groups excluding carboxylic acids is 2. The highest BCUT2D eigenvalue weighted by molar-refractivity contribution is 5.94. The van der Waals surface area contributed by atoms with Gasteiger partial charge >= 0.3 is 0 Å². The normalized spacial score (nSPS) is 11.1. The Labute approximate surface area is 159 Å². The lowest BCUT2D eigenvalue weighted by Gasteiger charge is -2.30. The van der Waals surface area contributed by atoms with E-state index in [2.05, 4.69) is 52.8 Å². The number of rotatable bonds is 9. The van der Waals surface area contributed by atoms with Gasteiger partial charge in [-0.3, -0.25) is 9.59 Å². The molecule has 0 unspecified atom stereocenters. The Morgan fingerprint density at radius 1 is 1.00 bits per heavy atom. The molecule has 1 aromatic rings. The van der Waals surface area contributed by atoms with Crippen molar-refractivity contribution in [1.82, 2.24) is 4.90 Å². The summed E-state index contributed by atoms with van der Waals surface area (Å²) in [7, 11) is 1.84. The van der Waals surface area contributed by atoms with Gasteiger partial charge in [0, 0.05) is 33.5 Å². The fourth-order valence-corrected chi connectivity index (χ4v) is 3.17. The molecule has 0 aliphatic rings. The summed E-state index contributed by atoms with van der Waals surface area (Å²) < 4.78 is 0. The van der Waals surface area contributed by atoms with Crippen molar-refractivity contribution in [3.8, 4) is 0 Å². The molecule has 0 bridgehead atoms. The lowest BCUT2D eigenvalue weighted by molar-refractivity contribution is -0.129. The van der Waals surface area contributed by atoms with E-state index in [4.69, 9.17) is 0 Å². The summed E-state index contributed by atoms with van der Waals surface area (Å²) in [5, 5.41) is 0. The summed E-state index contributed by atoms with van der Waals surface area (Å²) in [5.74, 6) is 0.712. The lowest BCUT2D eigenvalue weighted by Crippen LogP contribution is -2.36. The Balaban J connectivity index is 3.11. The first-order chi connectivity index (χ1) is 12.2. The minimum Gasteiger partial charge on any atom is -0.346 e. The molecule has 1 aromatic carbocycles. The van der Waals surface area contributed by atoms with Gasteiger partial charge in [-0.2, -0.15) is 0 Å². The van der Waals surface area contributed by atoms with Gasteiger partial charge in [0.25, 0.3) is 0 Å². The highest BCUT2D eigenvalue weighted by Crippen LogP contribution is 2.35. The summed E-state index contributed by atoms with van der Waals surface area (Å²) in [6, 6.07) is 6.25. The minimum atomic E-state index is -0.0102. The number of hydrogen-bond acceptors (Lipinski definition) is 2. The van der Waals surface area contributed by atoms with E-state index in [1.54, 1.807) is 16.7 Å². The zero-order chi connectivity index (χ0) is 19.9. The molecule has 0 N–H and O–H groups in total. The number of anilines is 1. The van der Waals surface area contributed by atoms with Gasteiger partial charge < -0.3 is 9.80 Å². The van der Waals surface area contributed by atoms with Crippen LogP contribution in [0, 0.1) is 0 Å². The first kappa shape index (κ1) is 22.2. The predicted octanol–water partition coefficient (Wildman–Crippen LogP) is 4.93. The fraction of sp³-hybridized carbons (Fsp3) is 0.636. The monoisotopic (exact) mass is 360 g/mol. The molecule has 26 heavy (non-hydrogen) atoms. The molecular formula is C22H36N2O2. The van der Waals surface area contributed by atoms with Crippen LogP contribution in [-0.4, -0.2) is 36.9 Å². The molecule has 0 aliphatic carbocycles. The molecule has 0 radical (unpaired) electrons. The van der Waals surface area contributed by atoms with Gasteiger partial charge in [0.15, 0.2) is 0 Å². The second-order valence-corrected chi connectivity index (χ2v) is 7.68. The van der Waals surface area contributed by atoms with Gasteiger partial charge in [-0.05, 0) is 29.4 Å². The Bertz CT molecular complexity index is 582. The van der Waals surface area contributed by atoms with E-state index in [0.29, 0.717) is 24.8 Å². The van der Waals surface area contributed by atoms with E-state index in [-0.39, 0.29) is 11.8 Å². The molecule has 0 spiro atoms. The minimum absolute atomic E-state index is 0.0102. The van der Waals surface area contributed by atoms with E-state index in [0.717, 1.165) is 36.2 Å². The van der Waals surface area contributed by atoms with Crippen LogP contribution in [0.4, 0.5) is 5.69 Å². The van der Waals surface area contributed by atoms with Crippen LogP contribution in [0.5, 0.6) is 0 Å². The first-order valence-corrected chi connectivity index (χ1v) is 9.85. The van der Waals surface area contributed by atoms with Crippen molar-refractivity contribution in [2.75, 3.05) is 25.0 Å². The molecule has 2 amide bonds. The van der Waals surface area contributed by atoms with Gasteiger partial charge in [-0.15, -0.1) is 0 Å². The van der Waals surface area contributed by atoms with Crippen molar-refractivity contribution in [3.63, 3.8) is 0 Å². The smallest absolute Gasteiger partial charge is 0.224 e. The van der Waals surface area contributed by atoms with Crippen molar-refractivity contribution in [2.24, 2.45) is 0 Å². The first-order valence-electron chi connectivity index (χ1n) is 9.85. The van der Waals surface area contributed by atoms with E-state index in [1.807, 2.05) is 7.05 Å². The Morgan fingerprint density at radius 3 is 1.96 bits per heavy atom. The number of hydrogen-bond donors (Lipinski definition) is 0. The predicted molar refractivity (Wildman–Crippen MR) is 110 cm³/mol. The largest absolute Gasteiger partial charge is 0.346 e. The van der Waals surface area contributed by atoms with Gasteiger partial charge in [-0.25, -0.2) is 0 Å². The summed E-state index contributed by atoms with van der Waals surface area (Å²) in [6.45, 7) is 13.5. The maximum Gasteiger partial charge on any atom is 0.224 e. The van der Waals surface area contributed by atoms with Gasteiger partial charge in [0.05, 0.1) is 5.69 Å². The summed E-state index contributed by atoms with van der Waals surface area (Å²) in [6.07, 6.45) is 2.42. The van der Waals surface area contributed by atoms with E-state index in [9.17, 15) is 9.59 Å². The Hall–Kier alpha value is -1.84. The van der Waals surface area contributed by atoms with Crippen LogP contribution in [0.15, 0.2) is 18.2 Å². The van der Waals surface area contributed by atoms with E-state index >= 15 is 0 Å². The van der Waals surface area contributed by atoms with Crippen LogP contribution >= 0.6 is 0 Å². The molecule has 0 saturated heterocycles. The molecule has 0 aromatic heterocycles. The fourth-order valence-electron chi connectivity index (χ4n) is 3.17. The molecule has 0 fully saturated rings. The Morgan fingerprint density at radius 2 is 1.54 bits per heavy atom. The second-order valence-electron chi connectivity index (χ2n) is 7.68. The highest BCUT2D eigenvalue weighted by Gasteiger charge is 2.23. The Kier molecular flexibility index (Phi) is 8.83. The molecule has 0 aliphatic heterocycles. The third-order valence-electron chi connectivity index (χ3n) is 4.81. The number of unbranched alkanes of at least 4 members (excludes halogenated alkanes) is 1. The van der Waals surface area contributed by atoms with Crippen molar-refractivity contribution < 1.29 is 9.59 Å². The number of nitrogens with zero attached hydrogens (tertiary/aromatic N) is 2. The van der Waals surface area contributed by atoms with Gasteiger partial charge in [0.1, 0.15) is 0 Å². The quantitative estimate of drug-likeness (QED) is 0.626. The van der Waals surface area contributed by atoms with Crippen LogP contribution in [0.3, 0.4) is 0 Å². The van der Waals surface area contributed by atoms with Crippen LogP contribution in [0.25, 0.3) is 0 Å². The van der Waals surface area contributed by atoms with Gasteiger partial charge in [0.2, 0.25) is 11.8 Å². The van der Waals surface area contributed by atoms with E-state index in [1.165, 1.54) is 0 Å². The van der Waals surface area contributed by atoms with Crippen molar-refractivity contribution >= 4 is 17.5 Å². The standard InChI is InChI=1S/C22H36N2O2/c1-8-9-14-23(7)21(26)13-15-24(18(6)25)22-19(16(2)3)11-10-12-20(22)17(4)5/h10-12,16-17H,8-9,13-15H2,1-7H3. The second kappa shape index (κ2) is 10.3. The average Bonchev–Trinajstić information content (AvgIpc) is 2.58. The van der Waals surface area contributed by atoms with Gasteiger partial charge in [-0.1, -0.05) is 59.2 Å². The van der Waals surface area contributed by atoms with Crippen molar-refractivity contribution in [3.05, 3.63) is 29.3 Å². The summed E-state index contributed by atoms with van der Waals surface area (Å²) in [4.78, 5) is 28.5. The molecule has 0 saturated carbocycles. The maximum atomic E-state index is 12.4. The summed E-state index contributed by atoms with van der Waals surface area (Å²) >= 11 is 0. The van der Waals surface area contributed by atoms with Crippen LogP contribution in [0.2, 0.25) is 0 Å². The third kappa shape index (κ3) is 5.86. The van der Waals surface area contributed by atoms with Crippen molar-refractivity contribution in [2.45, 2.75) is 72.6 Å². The zero-order valence-electron chi connectivity index (χ0n) is 17.6. The van der Waals surface area contributed by atoms with Crippen LogP contribution in [0.1, 0.15) is 83.8 Å². The molecule has 146 valence electrons. The molecule has 1 rings (SSSR count). The molecule has 0 heterocycles. The molecule has 4 nitrogen and oxygen atoms in total. The molecular weight excluding hydrogens is 324 g/mol. The molecule has 0 atom stereocenters.